The summed E-state index contributed by atoms with van der Waals surface area (Å²) in [5.74, 6) is -2.29. The lowest BCUT2D eigenvalue weighted by atomic mass is 10.0. The van der Waals surface area contributed by atoms with Crippen molar-refractivity contribution in [2.75, 3.05) is 39.6 Å². The molecule has 19 heteroatoms. The van der Waals surface area contributed by atoms with E-state index in [1.54, 1.807) is 0 Å². The number of carbonyl (C=O) groups is 4. The average molecular weight is 1420 g/mol. The Morgan fingerprint density at radius 3 is 0.837 bits per heavy atom. The Hall–Kier alpha value is -4.80. The van der Waals surface area contributed by atoms with Crippen molar-refractivity contribution in [1.82, 2.24) is 0 Å². The van der Waals surface area contributed by atoms with Crippen molar-refractivity contribution in [2.45, 2.75) is 303 Å². The van der Waals surface area contributed by atoms with Gasteiger partial charge in [-0.3, -0.25) is 37.3 Å². The van der Waals surface area contributed by atoms with Gasteiger partial charge in [-0.2, -0.15) is 0 Å². The molecule has 0 aliphatic heterocycles. The number of rotatable bonds is 69. The van der Waals surface area contributed by atoms with Crippen molar-refractivity contribution < 1.29 is 80.2 Å². The molecule has 0 rings (SSSR count). The molecule has 98 heavy (non-hydrogen) atoms. The summed E-state index contributed by atoms with van der Waals surface area (Å²) in [5.41, 5.74) is 0. The molecular weight excluding hydrogens is 1280 g/mol. The van der Waals surface area contributed by atoms with Gasteiger partial charge in [-0.05, 0) is 135 Å². The van der Waals surface area contributed by atoms with Crippen LogP contribution in [0.5, 0.6) is 0 Å². The fraction of sp³-hybridized carbons (Fsp3) is 0.671. The summed E-state index contributed by atoms with van der Waals surface area (Å²) in [6, 6.07) is 0. The second-order valence-electron chi connectivity index (χ2n) is 24.5. The van der Waals surface area contributed by atoms with Gasteiger partial charge in [0.1, 0.15) is 19.3 Å². The number of hydrogen-bond donors (Lipinski definition) is 3. The van der Waals surface area contributed by atoms with Gasteiger partial charge in [-0.1, -0.05) is 258 Å². The minimum absolute atomic E-state index is 0.0300. The van der Waals surface area contributed by atoms with Gasteiger partial charge >= 0.3 is 39.5 Å². The van der Waals surface area contributed by atoms with E-state index >= 15 is 0 Å². The third kappa shape index (κ3) is 69.7. The highest BCUT2D eigenvalue weighted by atomic mass is 31.2. The van der Waals surface area contributed by atoms with E-state index in [9.17, 15) is 43.2 Å². The summed E-state index contributed by atoms with van der Waals surface area (Å²) in [6.07, 6.45) is 77.4. The number of carbonyl (C=O) groups excluding carboxylic acids is 4. The average Bonchev–Trinajstić information content (AvgIpc) is 1.04. The van der Waals surface area contributed by atoms with E-state index in [1.807, 2.05) is 0 Å². The smallest absolute Gasteiger partial charge is 0.462 e. The molecule has 0 aliphatic rings. The molecule has 0 saturated heterocycles. The number of aliphatic hydroxyl groups excluding tert-OH is 1. The molecule has 5 unspecified atom stereocenters. The summed E-state index contributed by atoms with van der Waals surface area (Å²) in [6.45, 7) is 4.41. The number of aliphatic hydroxyl groups is 1. The van der Waals surface area contributed by atoms with E-state index in [2.05, 4.69) is 161 Å². The fourth-order valence-corrected chi connectivity index (χ4v) is 11.1. The molecule has 0 amide bonds. The van der Waals surface area contributed by atoms with E-state index < -0.39 is 97.5 Å². The molecule has 0 spiro atoms. The predicted octanol–water partition coefficient (Wildman–Crippen LogP) is 21.3. The highest BCUT2D eigenvalue weighted by molar-refractivity contribution is 7.47. The van der Waals surface area contributed by atoms with Crippen molar-refractivity contribution in [3.8, 4) is 0 Å². The first kappa shape index (κ1) is 93.2. The zero-order valence-corrected chi connectivity index (χ0v) is 62.7. The second kappa shape index (κ2) is 70.6. The molecule has 3 N–H and O–H groups in total. The lowest BCUT2D eigenvalue weighted by molar-refractivity contribution is -0.161. The van der Waals surface area contributed by atoms with Crippen LogP contribution < -0.4 is 0 Å². The van der Waals surface area contributed by atoms with Crippen LogP contribution in [0.15, 0.2) is 134 Å². The van der Waals surface area contributed by atoms with Crippen LogP contribution in [0.25, 0.3) is 0 Å². The number of phosphoric acid groups is 2. The molecule has 0 radical (unpaired) electrons. The molecule has 560 valence electrons. The lowest BCUT2D eigenvalue weighted by Crippen LogP contribution is -2.30. The Kier molecular flexibility index (Phi) is 67.2. The largest absolute Gasteiger partial charge is 0.472 e. The first-order chi connectivity index (χ1) is 47.7. The molecule has 0 aliphatic carbocycles. The van der Waals surface area contributed by atoms with E-state index in [0.717, 1.165) is 148 Å². The standard InChI is InChI=1S/C79H132O17P2/c1-5-9-13-17-21-25-29-33-36-40-43-47-51-55-59-63-76(81)89-69-74(95-78(83)65-61-57-53-49-45-39-32-28-24-20-16-12-8-4)71-93-97(85,86)91-67-73(80)68-92-98(87,88)94-72-75(96-79(84)66-62-58-54-50-46-42-38-35-31-27-23-19-15-11-7-3)70-90-77(82)64-60-56-52-48-44-41-37-34-30-26-22-18-14-10-6-2/h9-11,13-15,21-23,25-27,33-38,44,46,48,50,73-75,80H,5-8,12,16-20,24,28-32,39-43,45,47,49,51-72H2,1-4H3,(H,85,86)(H,87,88)/b13-9-,14-10-,15-11-,25-21-,26-22-,27-23-,36-33-,37-34-,38-35-,48-44-,50-46-. The zero-order valence-electron chi connectivity index (χ0n) is 60.9. The van der Waals surface area contributed by atoms with Crippen LogP contribution in [-0.4, -0.2) is 96.7 Å². The Bertz CT molecular complexity index is 2380. The van der Waals surface area contributed by atoms with E-state index in [0.29, 0.717) is 32.1 Å². The van der Waals surface area contributed by atoms with Gasteiger partial charge in [0, 0.05) is 25.7 Å². The molecule has 0 bridgehead atoms. The Balaban J connectivity index is 5.43. The van der Waals surface area contributed by atoms with Crippen LogP contribution in [0.4, 0.5) is 0 Å². The normalized spacial score (nSPS) is 14.7. The summed E-state index contributed by atoms with van der Waals surface area (Å²) in [5, 5.41) is 10.6. The number of esters is 4. The summed E-state index contributed by atoms with van der Waals surface area (Å²) >= 11 is 0. The summed E-state index contributed by atoms with van der Waals surface area (Å²) in [7, 11) is -9.98. The minimum atomic E-state index is -5.00. The maximum Gasteiger partial charge on any atom is 0.472 e. The monoisotopic (exact) mass is 1410 g/mol. The number of unbranched alkanes of at least 4 members (excludes halogenated alkanes) is 21. The Morgan fingerprint density at radius 1 is 0.296 bits per heavy atom. The molecule has 5 atom stereocenters. The van der Waals surface area contributed by atoms with E-state index in [1.165, 1.54) is 51.4 Å². The molecule has 0 saturated carbocycles. The van der Waals surface area contributed by atoms with E-state index in [-0.39, 0.29) is 25.7 Å². The molecule has 0 aromatic carbocycles. The first-order valence-corrected chi connectivity index (χ1v) is 40.4. The van der Waals surface area contributed by atoms with Gasteiger partial charge in [0.05, 0.1) is 26.4 Å². The van der Waals surface area contributed by atoms with Crippen molar-refractivity contribution in [3.05, 3.63) is 134 Å². The molecule has 0 aromatic heterocycles. The SMILES string of the molecule is CC/C=C\C/C=C\C/C=C\C/C=C\CCCCC(=O)OCC(COP(=O)(O)OCC(O)COP(=O)(O)OCC(COC(=O)CCCCCCC/C=C\C/C=C\C/C=C\CC)OC(=O)CCCCCCCCCCCCCCC)OC(=O)CCCC/C=C\C/C=C\C/C=C\C/C=C\CC. The number of phosphoric ester groups is 2. The fourth-order valence-electron chi connectivity index (χ4n) is 9.51. The van der Waals surface area contributed by atoms with Crippen LogP contribution in [-0.2, 0) is 65.4 Å². The quantitative estimate of drug-likeness (QED) is 0.0169. The van der Waals surface area contributed by atoms with Crippen molar-refractivity contribution in [2.24, 2.45) is 0 Å². The van der Waals surface area contributed by atoms with Crippen LogP contribution in [0.3, 0.4) is 0 Å². The lowest BCUT2D eigenvalue weighted by Gasteiger charge is -2.21. The van der Waals surface area contributed by atoms with E-state index in [4.69, 9.17) is 37.0 Å². The van der Waals surface area contributed by atoms with Crippen molar-refractivity contribution >= 4 is 39.5 Å². The van der Waals surface area contributed by atoms with Crippen LogP contribution in [0.2, 0.25) is 0 Å². The predicted molar refractivity (Wildman–Crippen MR) is 399 cm³/mol. The molecular formula is C79H132O17P2. The minimum Gasteiger partial charge on any atom is -0.462 e. The zero-order chi connectivity index (χ0) is 71.8. The van der Waals surface area contributed by atoms with Gasteiger partial charge in [-0.15, -0.1) is 0 Å². The molecule has 17 nitrogen and oxygen atoms in total. The third-order valence-electron chi connectivity index (χ3n) is 15.1. The Labute approximate surface area is 593 Å². The highest BCUT2D eigenvalue weighted by Crippen LogP contribution is 2.45. The number of hydrogen-bond acceptors (Lipinski definition) is 15. The van der Waals surface area contributed by atoms with Crippen LogP contribution in [0, 0.1) is 0 Å². The second-order valence-corrected chi connectivity index (χ2v) is 27.4. The first-order valence-electron chi connectivity index (χ1n) is 37.4. The van der Waals surface area contributed by atoms with Crippen molar-refractivity contribution in [1.29, 1.82) is 0 Å². The molecule has 0 fully saturated rings. The summed E-state index contributed by atoms with van der Waals surface area (Å²) in [4.78, 5) is 72.8. The number of allylic oxidation sites excluding steroid dienone is 22. The number of ether oxygens (including phenoxy) is 4. The van der Waals surface area contributed by atoms with Gasteiger partial charge < -0.3 is 33.8 Å². The molecule has 0 aromatic rings. The highest BCUT2D eigenvalue weighted by Gasteiger charge is 2.30. The van der Waals surface area contributed by atoms with Crippen LogP contribution >= 0.6 is 15.6 Å². The third-order valence-corrected chi connectivity index (χ3v) is 17.0. The summed E-state index contributed by atoms with van der Waals surface area (Å²) < 4.78 is 68.3. The van der Waals surface area contributed by atoms with Crippen molar-refractivity contribution in [3.63, 3.8) is 0 Å². The topological polar surface area (TPSA) is 237 Å². The maximum atomic E-state index is 13.1. The van der Waals surface area contributed by atoms with Gasteiger partial charge in [0.15, 0.2) is 12.2 Å². The van der Waals surface area contributed by atoms with Crippen LogP contribution in [0.1, 0.15) is 285 Å². The Morgan fingerprint density at radius 2 is 0.531 bits per heavy atom. The van der Waals surface area contributed by atoms with Gasteiger partial charge in [0.2, 0.25) is 0 Å². The van der Waals surface area contributed by atoms with Gasteiger partial charge in [0.25, 0.3) is 0 Å². The molecule has 0 heterocycles. The van der Waals surface area contributed by atoms with Gasteiger partial charge in [-0.25, -0.2) is 9.13 Å². The maximum absolute atomic E-state index is 13.1.